The molecule has 7 heteroatoms. The highest BCUT2D eigenvalue weighted by Gasteiger charge is 2.12. The molecule has 6 nitrogen and oxygen atoms in total. The Bertz CT molecular complexity index is 730. The minimum atomic E-state index is 0.0640. The zero-order valence-corrected chi connectivity index (χ0v) is 16.9. The molecular weight excluding hydrogens is 348 g/mol. The predicted molar refractivity (Wildman–Crippen MR) is 107 cm³/mol. The zero-order valence-electron chi connectivity index (χ0n) is 16.1. The van der Waals surface area contributed by atoms with Gasteiger partial charge < -0.3 is 20.1 Å². The van der Waals surface area contributed by atoms with Gasteiger partial charge in [0, 0.05) is 18.1 Å². The Labute approximate surface area is 159 Å². The second-order valence-corrected chi connectivity index (χ2v) is 7.05. The van der Waals surface area contributed by atoms with Crippen LogP contribution >= 0.6 is 11.3 Å². The SMILES string of the molecule is CCOc1ccc(C(C)NC(=NC)NCc2ncc(C)s2)cc1OCC. The van der Waals surface area contributed by atoms with E-state index in [9.17, 15) is 0 Å². The lowest BCUT2D eigenvalue weighted by Crippen LogP contribution is -2.38. The number of thiazole rings is 1. The monoisotopic (exact) mass is 376 g/mol. The van der Waals surface area contributed by atoms with Crippen molar-refractivity contribution in [1.29, 1.82) is 0 Å². The maximum absolute atomic E-state index is 5.71. The van der Waals surface area contributed by atoms with Gasteiger partial charge in [-0.2, -0.15) is 0 Å². The number of nitrogens with one attached hydrogen (secondary N) is 2. The second kappa shape index (κ2) is 10.0. The van der Waals surface area contributed by atoms with Crippen molar-refractivity contribution in [2.75, 3.05) is 20.3 Å². The Morgan fingerprint density at radius 2 is 1.96 bits per heavy atom. The summed E-state index contributed by atoms with van der Waals surface area (Å²) >= 11 is 1.68. The van der Waals surface area contributed by atoms with E-state index >= 15 is 0 Å². The zero-order chi connectivity index (χ0) is 18.9. The lowest BCUT2D eigenvalue weighted by atomic mass is 10.1. The van der Waals surface area contributed by atoms with Crippen molar-refractivity contribution < 1.29 is 9.47 Å². The number of aryl methyl sites for hydroxylation is 1. The van der Waals surface area contributed by atoms with Gasteiger partial charge in [-0.1, -0.05) is 6.07 Å². The first-order chi connectivity index (χ1) is 12.6. The van der Waals surface area contributed by atoms with Crippen molar-refractivity contribution in [1.82, 2.24) is 15.6 Å². The molecule has 0 saturated carbocycles. The van der Waals surface area contributed by atoms with Crippen LogP contribution in [0.2, 0.25) is 0 Å². The molecule has 2 rings (SSSR count). The minimum Gasteiger partial charge on any atom is -0.490 e. The van der Waals surface area contributed by atoms with Crippen LogP contribution in [0, 0.1) is 6.92 Å². The Balaban J connectivity index is 2.02. The maximum atomic E-state index is 5.71. The number of aliphatic imine (C=N–C) groups is 1. The van der Waals surface area contributed by atoms with E-state index in [1.54, 1.807) is 18.4 Å². The average molecular weight is 377 g/mol. The van der Waals surface area contributed by atoms with E-state index in [0.29, 0.717) is 19.8 Å². The third-order valence-electron chi connectivity index (χ3n) is 3.72. The van der Waals surface area contributed by atoms with E-state index in [2.05, 4.69) is 34.5 Å². The lowest BCUT2D eigenvalue weighted by Gasteiger charge is -2.19. The van der Waals surface area contributed by atoms with Crippen molar-refractivity contribution in [2.45, 2.75) is 40.3 Å². The molecule has 142 valence electrons. The summed E-state index contributed by atoms with van der Waals surface area (Å²) in [6, 6.07) is 6.08. The van der Waals surface area contributed by atoms with Crippen LogP contribution in [-0.2, 0) is 6.54 Å². The van der Waals surface area contributed by atoms with Crippen LogP contribution < -0.4 is 20.1 Å². The molecule has 0 bridgehead atoms. The Kier molecular flexibility index (Phi) is 7.72. The normalized spacial score (nSPS) is 12.6. The van der Waals surface area contributed by atoms with Crippen molar-refractivity contribution in [3.63, 3.8) is 0 Å². The number of hydrogen-bond acceptors (Lipinski definition) is 5. The summed E-state index contributed by atoms with van der Waals surface area (Å²) in [6.45, 7) is 9.94. The van der Waals surface area contributed by atoms with E-state index in [1.165, 1.54) is 4.88 Å². The molecule has 26 heavy (non-hydrogen) atoms. The fourth-order valence-corrected chi connectivity index (χ4v) is 3.19. The van der Waals surface area contributed by atoms with Gasteiger partial charge in [-0.25, -0.2) is 4.98 Å². The third-order valence-corrected chi connectivity index (χ3v) is 4.63. The molecule has 1 heterocycles. The molecule has 0 aliphatic carbocycles. The van der Waals surface area contributed by atoms with Gasteiger partial charge in [-0.15, -0.1) is 11.3 Å². The number of guanidine groups is 1. The molecule has 1 aromatic heterocycles. The molecule has 2 aromatic rings. The highest BCUT2D eigenvalue weighted by atomic mass is 32.1. The van der Waals surface area contributed by atoms with Crippen LogP contribution in [0.5, 0.6) is 11.5 Å². The van der Waals surface area contributed by atoms with E-state index in [4.69, 9.17) is 9.47 Å². The summed E-state index contributed by atoms with van der Waals surface area (Å²) in [4.78, 5) is 9.86. The molecular formula is C19H28N4O2S. The van der Waals surface area contributed by atoms with E-state index < -0.39 is 0 Å². The minimum absolute atomic E-state index is 0.0640. The fourth-order valence-electron chi connectivity index (χ4n) is 2.46. The van der Waals surface area contributed by atoms with Gasteiger partial charge >= 0.3 is 0 Å². The molecule has 0 fully saturated rings. The molecule has 0 aliphatic heterocycles. The van der Waals surface area contributed by atoms with Crippen molar-refractivity contribution in [3.8, 4) is 11.5 Å². The number of nitrogens with zero attached hydrogens (tertiary/aromatic N) is 2. The molecule has 0 saturated heterocycles. The molecule has 1 aromatic carbocycles. The molecule has 0 spiro atoms. The van der Waals surface area contributed by atoms with E-state index in [0.717, 1.165) is 28.0 Å². The first kappa shape index (κ1) is 20.0. The van der Waals surface area contributed by atoms with Gasteiger partial charge in [-0.05, 0) is 45.4 Å². The van der Waals surface area contributed by atoms with Crippen LogP contribution in [0.15, 0.2) is 29.4 Å². The first-order valence-corrected chi connectivity index (χ1v) is 9.67. The van der Waals surface area contributed by atoms with Crippen molar-refractivity contribution in [3.05, 3.63) is 39.8 Å². The highest BCUT2D eigenvalue weighted by molar-refractivity contribution is 7.11. The van der Waals surface area contributed by atoms with Gasteiger partial charge in [0.25, 0.3) is 0 Å². The van der Waals surface area contributed by atoms with Gasteiger partial charge in [0.15, 0.2) is 17.5 Å². The second-order valence-electron chi connectivity index (χ2n) is 5.73. The largest absolute Gasteiger partial charge is 0.490 e. The molecule has 0 radical (unpaired) electrons. The molecule has 0 amide bonds. The number of aromatic nitrogens is 1. The topological polar surface area (TPSA) is 67.8 Å². The van der Waals surface area contributed by atoms with Crippen LogP contribution in [0.1, 0.15) is 42.3 Å². The summed E-state index contributed by atoms with van der Waals surface area (Å²) in [6.07, 6.45) is 1.88. The standard InChI is InChI=1S/C19H28N4O2S/c1-6-24-16-9-8-15(10-17(16)25-7-2)14(4)23-19(20-5)22-12-18-21-11-13(3)26-18/h8-11,14H,6-7,12H2,1-5H3,(H2,20,22,23). The summed E-state index contributed by atoms with van der Waals surface area (Å²) in [5, 5.41) is 7.74. The molecule has 1 unspecified atom stereocenters. The van der Waals surface area contributed by atoms with Gasteiger partial charge in [-0.3, -0.25) is 4.99 Å². The van der Waals surface area contributed by atoms with Crippen LogP contribution in [0.3, 0.4) is 0 Å². The van der Waals surface area contributed by atoms with Crippen molar-refractivity contribution in [2.24, 2.45) is 4.99 Å². The van der Waals surface area contributed by atoms with Crippen LogP contribution in [-0.4, -0.2) is 31.2 Å². The lowest BCUT2D eigenvalue weighted by molar-refractivity contribution is 0.287. The van der Waals surface area contributed by atoms with E-state index in [-0.39, 0.29) is 6.04 Å². The molecule has 2 N–H and O–H groups in total. The summed E-state index contributed by atoms with van der Waals surface area (Å²) in [5.74, 6) is 2.27. The van der Waals surface area contributed by atoms with Gasteiger partial charge in [0.2, 0.25) is 0 Å². The fraction of sp³-hybridized carbons (Fsp3) is 0.474. The maximum Gasteiger partial charge on any atom is 0.191 e. The summed E-state index contributed by atoms with van der Waals surface area (Å²) in [5.41, 5.74) is 1.10. The molecule has 1 atom stereocenters. The Morgan fingerprint density at radius 1 is 1.23 bits per heavy atom. The van der Waals surface area contributed by atoms with Crippen LogP contribution in [0.4, 0.5) is 0 Å². The quantitative estimate of drug-likeness (QED) is 0.543. The third kappa shape index (κ3) is 5.62. The number of ether oxygens (including phenoxy) is 2. The van der Waals surface area contributed by atoms with E-state index in [1.807, 2.05) is 38.2 Å². The summed E-state index contributed by atoms with van der Waals surface area (Å²) in [7, 11) is 1.76. The average Bonchev–Trinajstić information content (AvgIpc) is 3.05. The van der Waals surface area contributed by atoms with Gasteiger partial charge in [0.05, 0.1) is 25.8 Å². The van der Waals surface area contributed by atoms with Gasteiger partial charge in [0.1, 0.15) is 5.01 Å². The highest BCUT2D eigenvalue weighted by Crippen LogP contribution is 2.30. The number of benzene rings is 1. The number of hydrogen-bond donors (Lipinski definition) is 2. The summed E-state index contributed by atoms with van der Waals surface area (Å²) < 4.78 is 11.3. The Morgan fingerprint density at radius 3 is 2.58 bits per heavy atom. The molecule has 0 aliphatic rings. The Hall–Kier alpha value is -2.28. The first-order valence-electron chi connectivity index (χ1n) is 8.85. The smallest absolute Gasteiger partial charge is 0.191 e. The predicted octanol–water partition coefficient (Wildman–Crippen LogP) is 3.68. The number of rotatable bonds is 8. The van der Waals surface area contributed by atoms with Crippen LogP contribution in [0.25, 0.3) is 0 Å². The van der Waals surface area contributed by atoms with Crippen molar-refractivity contribution >= 4 is 17.3 Å².